The largest absolute Gasteiger partial charge is 0.486 e. The third-order valence-corrected chi connectivity index (χ3v) is 2.00. The summed E-state index contributed by atoms with van der Waals surface area (Å²) in [5.41, 5.74) is 0. The van der Waals surface area contributed by atoms with Gasteiger partial charge in [0.15, 0.2) is 17.9 Å². The highest BCUT2D eigenvalue weighted by molar-refractivity contribution is 5.40. The van der Waals surface area contributed by atoms with Gasteiger partial charge in [-0.15, -0.1) is 0 Å². The van der Waals surface area contributed by atoms with Crippen molar-refractivity contribution < 1.29 is 13.9 Å². The molecular weight excluding hydrogens is 230 g/mol. The summed E-state index contributed by atoms with van der Waals surface area (Å²) in [4.78, 5) is 3.66. The maximum absolute atomic E-state index is 5.30. The highest BCUT2D eigenvalue weighted by atomic mass is 16.6. The Bertz CT molecular complexity index is 401. The Morgan fingerprint density at radius 3 is 1.89 bits per heavy atom. The first kappa shape index (κ1) is 14.1. The Morgan fingerprint density at radius 1 is 1.00 bits per heavy atom. The zero-order valence-corrected chi connectivity index (χ0v) is 11.1. The summed E-state index contributed by atoms with van der Waals surface area (Å²) in [6.07, 6.45) is 3.08. The summed E-state index contributed by atoms with van der Waals surface area (Å²) in [7, 11) is 0. The lowest BCUT2D eigenvalue weighted by Gasteiger charge is -2.17. The van der Waals surface area contributed by atoms with E-state index in [9.17, 15) is 0 Å². The number of nitrogens with zero attached hydrogens (tertiary/aromatic N) is 1. The molecule has 0 fully saturated rings. The number of aromatic nitrogens is 1. The highest BCUT2D eigenvalue weighted by Crippen LogP contribution is 2.28. The fourth-order valence-electron chi connectivity index (χ4n) is 1.27. The molecule has 2 heterocycles. The van der Waals surface area contributed by atoms with E-state index < -0.39 is 0 Å². The molecule has 2 aromatic rings. The summed E-state index contributed by atoms with van der Waals surface area (Å²) in [6.45, 7) is 7.18. The van der Waals surface area contributed by atoms with Gasteiger partial charge in [0.05, 0.1) is 6.20 Å². The molecule has 0 amide bonds. The molecule has 1 aromatic carbocycles. The van der Waals surface area contributed by atoms with Gasteiger partial charge in [-0.2, -0.15) is 0 Å². The molecule has 1 aromatic heterocycles. The molecule has 0 aliphatic carbocycles. The molecule has 1 aliphatic heterocycles. The van der Waals surface area contributed by atoms with E-state index >= 15 is 0 Å². The molecule has 98 valence electrons. The fraction of sp³-hybridized carbons (Fsp3) is 0.357. The van der Waals surface area contributed by atoms with E-state index in [0.29, 0.717) is 13.2 Å². The van der Waals surface area contributed by atoms with Gasteiger partial charge >= 0.3 is 0 Å². The van der Waals surface area contributed by atoms with Gasteiger partial charge in [-0.1, -0.05) is 26.0 Å². The predicted molar refractivity (Wildman–Crippen MR) is 70.0 cm³/mol. The number of para-hydroxylation sites is 2. The average molecular weight is 249 g/mol. The Kier molecular flexibility index (Phi) is 6.40. The summed E-state index contributed by atoms with van der Waals surface area (Å²) in [6, 6.07) is 7.70. The Labute approximate surface area is 108 Å². The van der Waals surface area contributed by atoms with E-state index in [2.05, 4.69) is 4.98 Å². The Balaban J connectivity index is 0.000000174. The molecule has 0 saturated carbocycles. The zero-order valence-electron chi connectivity index (χ0n) is 11.1. The van der Waals surface area contributed by atoms with Crippen LogP contribution in [0.5, 0.6) is 11.5 Å². The van der Waals surface area contributed by atoms with Gasteiger partial charge in [0.2, 0.25) is 0 Å². The second kappa shape index (κ2) is 8.17. The standard InChI is InChI=1S/C8H8O2.C4H5NO.C2H6/c1-2-4-8-7(3-1)9-5-6-10-8;1-4-2-5-3-6-4;1-2/h1-4H,5-6H2;2-3H,1H3;1-2H3. The minimum atomic E-state index is 0.664. The third kappa shape index (κ3) is 4.49. The van der Waals surface area contributed by atoms with Crippen LogP contribution in [-0.2, 0) is 0 Å². The van der Waals surface area contributed by atoms with Crippen LogP contribution in [0, 0.1) is 6.92 Å². The molecule has 0 bridgehead atoms. The van der Waals surface area contributed by atoms with Crippen LogP contribution in [-0.4, -0.2) is 18.2 Å². The molecule has 1 aliphatic rings. The van der Waals surface area contributed by atoms with Crippen LogP contribution < -0.4 is 9.47 Å². The lowest BCUT2D eigenvalue weighted by molar-refractivity contribution is 0.171. The van der Waals surface area contributed by atoms with Crippen molar-refractivity contribution in [2.24, 2.45) is 0 Å². The average Bonchev–Trinajstić information content (AvgIpc) is 2.93. The smallest absolute Gasteiger partial charge is 0.180 e. The van der Waals surface area contributed by atoms with E-state index in [-0.39, 0.29) is 0 Å². The zero-order chi connectivity index (χ0) is 13.2. The van der Waals surface area contributed by atoms with Gasteiger partial charge in [0.25, 0.3) is 0 Å². The number of rotatable bonds is 0. The molecule has 0 radical (unpaired) electrons. The number of benzene rings is 1. The van der Waals surface area contributed by atoms with Crippen LogP contribution in [0.25, 0.3) is 0 Å². The molecule has 0 unspecified atom stereocenters. The number of hydrogen-bond donors (Lipinski definition) is 0. The first-order valence-electron chi connectivity index (χ1n) is 6.06. The summed E-state index contributed by atoms with van der Waals surface area (Å²) >= 11 is 0. The first-order chi connectivity index (χ1) is 8.86. The Morgan fingerprint density at radius 2 is 1.56 bits per heavy atom. The van der Waals surface area contributed by atoms with Gasteiger partial charge < -0.3 is 13.9 Å². The highest BCUT2D eigenvalue weighted by Gasteiger charge is 2.07. The molecule has 0 atom stereocenters. The SMILES string of the molecule is CC.Cc1cnco1.c1ccc2c(c1)OCCO2. The van der Waals surface area contributed by atoms with Crippen molar-refractivity contribution in [3.8, 4) is 11.5 Å². The summed E-state index contributed by atoms with van der Waals surface area (Å²) < 4.78 is 15.3. The monoisotopic (exact) mass is 249 g/mol. The van der Waals surface area contributed by atoms with Gasteiger partial charge in [-0.05, 0) is 19.1 Å². The fourth-order valence-corrected chi connectivity index (χ4v) is 1.27. The van der Waals surface area contributed by atoms with E-state index in [4.69, 9.17) is 13.9 Å². The molecule has 4 nitrogen and oxygen atoms in total. The lowest BCUT2D eigenvalue weighted by Crippen LogP contribution is -2.14. The van der Waals surface area contributed by atoms with Crippen molar-refractivity contribution in [3.05, 3.63) is 42.6 Å². The van der Waals surface area contributed by atoms with Crippen LogP contribution in [0.4, 0.5) is 0 Å². The van der Waals surface area contributed by atoms with Gasteiger partial charge in [0, 0.05) is 0 Å². The number of hydrogen-bond acceptors (Lipinski definition) is 4. The predicted octanol–water partition coefficient (Wildman–Crippen LogP) is 3.47. The number of ether oxygens (including phenoxy) is 2. The number of oxazole rings is 1. The van der Waals surface area contributed by atoms with Crippen molar-refractivity contribution in [1.82, 2.24) is 4.98 Å². The van der Waals surface area contributed by atoms with Crippen molar-refractivity contribution in [1.29, 1.82) is 0 Å². The van der Waals surface area contributed by atoms with Gasteiger partial charge in [0.1, 0.15) is 19.0 Å². The van der Waals surface area contributed by atoms with Gasteiger partial charge in [-0.25, -0.2) is 4.98 Å². The summed E-state index contributed by atoms with van der Waals surface area (Å²) in [5.74, 6) is 2.57. The number of aryl methyl sites for hydroxylation is 1. The maximum atomic E-state index is 5.30. The molecule has 4 heteroatoms. The molecule has 18 heavy (non-hydrogen) atoms. The lowest BCUT2D eigenvalue weighted by atomic mass is 10.3. The molecule has 0 saturated heterocycles. The quantitative estimate of drug-likeness (QED) is 0.717. The number of fused-ring (bicyclic) bond motifs is 1. The van der Waals surface area contributed by atoms with E-state index in [1.54, 1.807) is 6.20 Å². The van der Waals surface area contributed by atoms with Crippen LogP contribution in [0.1, 0.15) is 19.6 Å². The van der Waals surface area contributed by atoms with Gasteiger partial charge in [-0.3, -0.25) is 0 Å². The Hall–Kier alpha value is -1.97. The summed E-state index contributed by atoms with van der Waals surface area (Å²) in [5, 5.41) is 0. The first-order valence-corrected chi connectivity index (χ1v) is 6.06. The normalized spacial score (nSPS) is 11.5. The second-order valence-electron chi connectivity index (χ2n) is 3.26. The van der Waals surface area contributed by atoms with Crippen molar-refractivity contribution >= 4 is 0 Å². The topological polar surface area (TPSA) is 44.5 Å². The van der Waals surface area contributed by atoms with E-state index in [1.807, 2.05) is 45.0 Å². The maximum Gasteiger partial charge on any atom is 0.180 e. The van der Waals surface area contributed by atoms with Crippen molar-refractivity contribution in [2.75, 3.05) is 13.2 Å². The van der Waals surface area contributed by atoms with Crippen LogP contribution in [0.15, 0.2) is 41.3 Å². The molecule has 0 N–H and O–H groups in total. The molecular formula is C14H19NO3. The van der Waals surface area contributed by atoms with Crippen molar-refractivity contribution in [2.45, 2.75) is 20.8 Å². The third-order valence-electron chi connectivity index (χ3n) is 2.00. The second-order valence-corrected chi connectivity index (χ2v) is 3.26. The van der Waals surface area contributed by atoms with E-state index in [0.717, 1.165) is 17.3 Å². The van der Waals surface area contributed by atoms with E-state index in [1.165, 1.54) is 6.39 Å². The van der Waals surface area contributed by atoms with Crippen molar-refractivity contribution in [3.63, 3.8) is 0 Å². The molecule has 0 spiro atoms. The minimum absolute atomic E-state index is 0.664. The van der Waals surface area contributed by atoms with Crippen LogP contribution in [0.2, 0.25) is 0 Å². The molecule has 3 rings (SSSR count). The minimum Gasteiger partial charge on any atom is -0.486 e. The van der Waals surface area contributed by atoms with Crippen LogP contribution in [0.3, 0.4) is 0 Å². The van der Waals surface area contributed by atoms with Crippen LogP contribution >= 0.6 is 0 Å².